The Kier molecular flexibility index (Phi) is 3.70. The van der Waals surface area contributed by atoms with E-state index in [2.05, 4.69) is 5.32 Å². The van der Waals surface area contributed by atoms with Crippen molar-refractivity contribution in [1.82, 2.24) is 0 Å². The molecule has 126 valence electrons. The molecule has 2 aliphatic rings. The number of carbonyl (C=O) groups is 1. The Labute approximate surface area is 143 Å². The molecule has 2 heterocycles. The number of nitro groups is 1. The van der Waals surface area contributed by atoms with Crippen LogP contribution in [0.3, 0.4) is 0 Å². The number of rotatable bonds is 5. The molecular weight excluding hydrogens is 324 g/mol. The zero-order valence-corrected chi connectivity index (χ0v) is 13.1. The number of benzene rings is 2. The predicted molar refractivity (Wildman–Crippen MR) is 91.3 cm³/mol. The summed E-state index contributed by atoms with van der Waals surface area (Å²) in [4.78, 5) is 23.1. The lowest BCUT2D eigenvalue weighted by Crippen LogP contribution is -2.06. The van der Waals surface area contributed by atoms with E-state index in [1.807, 2.05) is 0 Å². The number of epoxide rings is 1. The Morgan fingerprint density at radius 1 is 1.28 bits per heavy atom. The molecule has 1 amide bonds. The van der Waals surface area contributed by atoms with E-state index in [1.165, 1.54) is 12.1 Å². The van der Waals surface area contributed by atoms with E-state index in [0.717, 1.165) is 0 Å². The van der Waals surface area contributed by atoms with Crippen molar-refractivity contribution in [1.29, 1.82) is 0 Å². The fourth-order valence-corrected chi connectivity index (χ4v) is 2.75. The van der Waals surface area contributed by atoms with Gasteiger partial charge in [-0.25, -0.2) is 0 Å². The molecular formula is C18H14N2O5. The van der Waals surface area contributed by atoms with E-state index in [0.29, 0.717) is 41.4 Å². The second-order valence-corrected chi connectivity index (χ2v) is 5.77. The number of carbonyl (C=O) groups excluding carboxylic acids is 1. The first-order valence-corrected chi connectivity index (χ1v) is 7.78. The third-order valence-electron chi connectivity index (χ3n) is 4.05. The van der Waals surface area contributed by atoms with E-state index in [1.54, 1.807) is 36.4 Å². The number of para-hydroxylation sites is 1. The first-order chi connectivity index (χ1) is 12.1. The maximum absolute atomic E-state index is 12.4. The van der Waals surface area contributed by atoms with Gasteiger partial charge in [-0.1, -0.05) is 18.2 Å². The standard InChI is InChI=1S/C18H14N2O5/c21-18-13(8-11-4-1-2-6-15(11)20(22)23)17-14(19-18)5-3-7-16(17)25-10-12-9-24-12/h1-8,12H,9-10H2,(H,19,21). The van der Waals surface area contributed by atoms with Crippen LogP contribution in [0.25, 0.3) is 11.6 Å². The number of nitro benzene ring substituents is 1. The lowest BCUT2D eigenvalue weighted by atomic mass is 10.0. The Balaban J connectivity index is 1.77. The van der Waals surface area contributed by atoms with Crippen LogP contribution >= 0.6 is 0 Å². The van der Waals surface area contributed by atoms with E-state index < -0.39 is 4.92 Å². The second-order valence-electron chi connectivity index (χ2n) is 5.77. The van der Waals surface area contributed by atoms with Crippen molar-refractivity contribution in [3.63, 3.8) is 0 Å². The van der Waals surface area contributed by atoms with Gasteiger partial charge in [0.15, 0.2) is 0 Å². The summed E-state index contributed by atoms with van der Waals surface area (Å²) in [6, 6.07) is 11.6. The van der Waals surface area contributed by atoms with Gasteiger partial charge in [0.2, 0.25) is 0 Å². The highest BCUT2D eigenvalue weighted by Gasteiger charge is 2.30. The summed E-state index contributed by atoms with van der Waals surface area (Å²) in [5.74, 6) is 0.239. The molecule has 0 aromatic heterocycles. The summed E-state index contributed by atoms with van der Waals surface area (Å²) in [7, 11) is 0. The molecule has 0 spiro atoms. The molecule has 7 nitrogen and oxygen atoms in total. The van der Waals surface area contributed by atoms with E-state index in [4.69, 9.17) is 9.47 Å². The lowest BCUT2D eigenvalue weighted by Gasteiger charge is -2.09. The first-order valence-electron chi connectivity index (χ1n) is 7.78. The third kappa shape index (κ3) is 2.97. The van der Waals surface area contributed by atoms with Crippen molar-refractivity contribution in [2.24, 2.45) is 0 Å². The van der Waals surface area contributed by atoms with Crippen LogP contribution in [0.1, 0.15) is 11.1 Å². The van der Waals surface area contributed by atoms with Gasteiger partial charge < -0.3 is 14.8 Å². The van der Waals surface area contributed by atoms with Crippen molar-refractivity contribution in [3.05, 3.63) is 63.7 Å². The summed E-state index contributed by atoms with van der Waals surface area (Å²) in [5.41, 5.74) is 1.90. The van der Waals surface area contributed by atoms with Crippen LogP contribution in [0.2, 0.25) is 0 Å². The van der Waals surface area contributed by atoms with Gasteiger partial charge in [-0.2, -0.15) is 0 Å². The fourth-order valence-electron chi connectivity index (χ4n) is 2.75. The molecule has 0 bridgehead atoms. The number of hydrogen-bond acceptors (Lipinski definition) is 5. The molecule has 0 radical (unpaired) electrons. The minimum absolute atomic E-state index is 0.0546. The van der Waals surface area contributed by atoms with Gasteiger partial charge in [-0.05, 0) is 24.3 Å². The smallest absolute Gasteiger partial charge is 0.276 e. The number of nitrogens with zero attached hydrogens (tertiary/aromatic N) is 1. The second kappa shape index (κ2) is 6.03. The van der Waals surface area contributed by atoms with E-state index >= 15 is 0 Å². The summed E-state index contributed by atoms with van der Waals surface area (Å²) in [5, 5.41) is 14.0. The molecule has 2 aliphatic heterocycles. The van der Waals surface area contributed by atoms with Crippen molar-refractivity contribution in [2.75, 3.05) is 18.5 Å². The molecule has 2 aromatic rings. The Morgan fingerprint density at radius 2 is 2.08 bits per heavy atom. The van der Waals surface area contributed by atoms with Gasteiger partial charge in [0.05, 0.1) is 33.9 Å². The zero-order valence-electron chi connectivity index (χ0n) is 13.1. The SMILES string of the molecule is O=C1Nc2cccc(OCC3CO3)c2C1=Cc1ccccc1[N+](=O)[O-]. The molecule has 0 saturated carbocycles. The average molecular weight is 338 g/mol. The molecule has 1 fully saturated rings. The first kappa shape index (κ1) is 15.3. The number of anilines is 1. The highest BCUT2D eigenvalue weighted by atomic mass is 16.6. The van der Waals surface area contributed by atoms with Gasteiger partial charge >= 0.3 is 0 Å². The minimum Gasteiger partial charge on any atom is -0.490 e. The van der Waals surface area contributed by atoms with Crippen molar-refractivity contribution in [3.8, 4) is 5.75 Å². The maximum Gasteiger partial charge on any atom is 0.276 e. The van der Waals surface area contributed by atoms with Gasteiger partial charge in [0.25, 0.3) is 11.6 Å². The summed E-state index contributed by atoms with van der Waals surface area (Å²) in [6.45, 7) is 1.08. The molecule has 7 heteroatoms. The van der Waals surface area contributed by atoms with Crippen LogP contribution in [0.4, 0.5) is 11.4 Å². The fraction of sp³-hybridized carbons (Fsp3) is 0.167. The van der Waals surface area contributed by atoms with Gasteiger partial charge in [0, 0.05) is 6.07 Å². The van der Waals surface area contributed by atoms with Crippen molar-refractivity contribution < 1.29 is 19.2 Å². The predicted octanol–water partition coefficient (Wildman–Crippen LogP) is 2.87. The normalized spacial score (nSPS) is 19.4. The van der Waals surface area contributed by atoms with E-state index in [9.17, 15) is 14.9 Å². The van der Waals surface area contributed by atoms with Crippen LogP contribution in [0.5, 0.6) is 5.75 Å². The Morgan fingerprint density at radius 3 is 2.84 bits per heavy atom. The van der Waals surface area contributed by atoms with Crippen LogP contribution < -0.4 is 10.1 Å². The molecule has 1 N–H and O–H groups in total. The van der Waals surface area contributed by atoms with Crippen LogP contribution in [0, 0.1) is 10.1 Å². The topological polar surface area (TPSA) is 94.0 Å². The molecule has 25 heavy (non-hydrogen) atoms. The number of hydrogen-bond donors (Lipinski definition) is 1. The Bertz CT molecular complexity index is 902. The van der Waals surface area contributed by atoms with Gasteiger partial charge in [0.1, 0.15) is 18.5 Å². The third-order valence-corrected chi connectivity index (χ3v) is 4.05. The molecule has 1 saturated heterocycles. The average Bonchev–Trinajstić information content (AvgIpc) is 3.37. The Hall–Kier alpha value is -3.19. The van der Waals surface area contributed by atoms with Crippen LogP contribution in [-0.2, 0) is 9.53 Å². The number of amides is 1. The summed E-state index contributed by atoms with van der Waals surface area (Å²) < 4.78 is 10.9. The summed E-state index contributed by atoms with van der Waals surface area (Å²) >= 11 is 0. The van der Waals surface area contributed by atoms with Crippen molar-refractivity contribution in [2.45, 2.75) is 6.10 Å². The van der Waals surface area contributed by atoms with Crippen molar-refractivity contribution >= 4 is 28.9 Å². The largest absolute Gasteiger partial charge is 0.490 e. The number of nitrogens with one attached hydrogen (secondary N) is 1. The van der Waals surface area contributed by atoms with Gasteiger partial charge in [-0.15, -0.1) is 0 Å². The monoisotopic (exact) mass is 338 g/mol. The summed E-state index contributed by atoms with van der Waals surface area (Å²) in [6.07, 6.45) is 1.61. The highest BCUT2D eigenvalue weighted by molar-refractivity contribution is 6.35. The zero-order chi connectivity index (χ0) is 17.4. The van der Waals surface area contributed by atoms with Crippen LogP contribution in [-0.4, -0.2) is 30.1 Å². The molecule has 4 rings (SSSR count). The maximum atomic E-state index is 12.4. The number of ether oxygens (including phenoxy) is 2. The van der Waals surface area contributed by atoms with Crippen LogP contribution in [0.15, 0.2) is 42.5 Å². The molecule has 1 atom stereocenters. The lowest BCUT2D eigenvalue weighted by molar-refractivity contribution is -0.385. The quantitative estimate of drug-likeness (QED) is 0.391. The number of fused-ring (bicyclic) bond motifs is 1. The van der Waals surface area contributed by atoms with Gasteiger partial charge in [-0.3, -0.25) is 14.9 Å². The highest BCUT2D eigenvalue weighted by Crippen LogP contribution is 2.40. The molecule has 2 aromatic carbocycles. The minimum atomic E-state index is -0.465. The van der Waals surface area contributed by atoms with E-state index in [-0.39, 0.29) is 17.7 Å². The molecule has 0 aliphatic carbocycles. The molecule has 1 unspecified atom stereocenters.